The first kappa shape index (κ1) is 11.7. The molecule has 0 amide bonds. The quantitative estimate of drug-likeness (QED) is 0.846. The van der Waals surface area contributed by atoms with Crippen molar-refractivity contribution < 1.29 is 0 Å². The van der Waals surface area contributed by atoms with Gasteiger partial charge in [0.2, 0.25) is 0 Å². The lowest BCUT2D eigenvalue weighted by Gasteiger charge is -2.27. The first-order chi connectivity index (χ1) is 7.65. The van der Waals surface area contributed by atoms with Crippen LogP contribution in [0.3, 0.4) is 0 Å². The van der Waals surface area contributed by atoms with Crippen molar-refractivity contribution in [3.63, 3.8) is 0 Å². The highest BCUT2D eigenvalue weighted by Crippen LogP contribution is 2.25. The van der Waals surface area contributed by atoms with Crippen molar-refractivity contribution >= 4 is 17.3 Å². The van der Waals surface area contributed by atoms with Crippen LogP contribution in [-0.4, -0.2) is 19.1 Å². The molecule has 1 unspecified atom stereocenters. The van der Waals surface area contributed by atoms with Crippen LogP contribution < -0.4 is 10.6 Å². The summed E-state index contributed by atoms with van der Waals surface area (Å²) in [7, 11) is 0. The summed E-state index contributed by atoms with van der Waals surface area (Å²) in [5.41, 5.74) is 2.55. The largest absolute Gasteiger partial charge is 0.383 e. The molecule has 88 valence electrons. The molecule has 1 heterocycles. The van der Waals surface area contributed by atoms with Crippen molar-refractivity contribution in [2.45, 2.75) is 26.3 Å². The zero-order valence-electron chi connectivity index (χ0n) is 9.89. The zero-order chi connectivity index (χ0) is 11.5. The van der Waals surface area contributed by atoms with Gasteiger partial charge in [0.1, 0.15) is 0 Å². The van der Waals surface area contributed by atoms with E-state index in [1.165, 1.54) is 11.3 Å². The maximum absolute atomic E-state index is 6.00. The lowest BCUT2D eigenvalue weighted by molar-refractivity contribution is 0.465. The second-order valence-corrected chi connectivity index (χ2v) is 5.32. The van der Waals surface area contributed by atoms with Gasteiger partial charge in [-0.2, -0.15) is 0 Å². The Bertz CT molecular complexity index is 363. The SMILES string of the molecule is CC(C)CNC1CNc2ccc(Cl)cc2C1. The molecule has 0 saturated heterocycles. The van der Waals surface area contributed by atoms with Crippen LogP contribution in [0.2, 0.25) is 5.02 Å². The average Bonchev–Trinajstić information content (AvgIpc) is 2.25. The van der Waals surface area contributed by atoms with E-state index in [0.717, 1.165) is 24.5 Å². The smallest absolute Gasteiger partial charge is 0.0410 e. The summed E-state index contributed by atoms with van der Waals surface area (Å²) >= 11 is 6.00. The predicted molar refractivity (Wildman–Crippen MR) is 70.3 cm³/mol. The van der Waals surface area contributed by atoms with Gasteiger partial charge in [-0.15, -0.1) is 0 Å². The number of benzene rings is 1. The molecule has 3 heteroatoms. The molecule has 1 aliphatic rings. The molecule has 0 aromatic heterocycles. The van der Waals surface area contributed by atoms with E-state index in [2.05, 4.69) is 36.6 Å². The van der Waals surface area contributed by atoms with E-state index in [0.29, 0.717) is 12.0 Å². The summed E-state index contributed by atoms with van der Waals surface area (Å²) in [5.74, 6) is 0.695. The number of halogens is 1. The highest BCUT2D eigenvalue weighted by molar-refractivity contribution is 6.30. The lowest BCUT2D eigenvalue weighted by Crippen LogP contribution is -2.41. The molecule has 0 fully saturated rings. The molecule has 0 aliphatic carbocycles. The summed E-state index contributed by atoms with van der Waals surface area (Å²) in [6.07, 6.45) is 1.07. The van der Waals surface area contributed by atoms with E-state index < -0.39 is 0 Å². The Kier molecular flexibility index (Phi) is 3.72. The van der Waals surface area contributed by atoms with Gasteiger partial charge in [0.05, 0.1) is 0 Å². The second-order valence-electron chi connectivity index (χ2n) is 4.89. The molecular formula is C13H19ClN2. The van der Waals surface area contributed by atoms with Crippen LogP contribution in [0.5, 0.6) is 0 Å². The van der Waals surface area contributed by atoms with Gasteiger partial charge < -0.3 is 10.6 Å². The van der Waals surface area contributed by atoms with E-state index in [-0.39, 0.29) is 0 Å². The van der Waals surface area contributed by atoms with Crippen molar-refractivity contribution in [3.05, 3.63) is 28.8 Å². The van der Waals surface area contributed by atoms with Crippen molar-refractivity contribution in [3.8, 4) is 0 Å². The van der Waals surface area contributed by atoms with Gasteiger partial charge in [-0.1, -0.05) is 25.4 Å². The third kappa shape index (κ3) is 2.89. The molecule has 2 rings (SSSR count). The summed E-state index contributed by atoms with van der Waals surface area (Å²) in [4.78, 5) is 0. The minimum Gasteiger partial charge on any atom is -0.383 e. The Hall–Kier alpha value is -0.730. The van der Waals surface area contributed by atoms with Crippen LogP contribution in [0.1, 0.15) is 19.4 Å². The van der Waals surface area contributed by atoms with Crippen LogP contribution in [0.15, 0.2) is 18.2 Å². The van der Waals surface area contributed by atoms with E-state index >= 15 is 0 Å². The van der Waals surface area contributed by atoms with Crippen LogP contribution >= 0.6 is 11.6 Å². The van der Waals surface area contributed by atoms with Crippen molar-refractivity contribution in [2.24, 2.45) is 5.92 Å². The minimum atomic E-state index is 0.522. The van der Waals surface area contributed by atoms with Gasteiger partial charge in [0.15, 0.2) is 0 Å². The molecule has 2 nitrogen and oxygen atoms in total. The highest BCUT2D eigenvalue weighted by atomic mass is 35.5. The molecule has 0 bridgehead atoms. The van der Waals surface area contributed by atoms with Crippen molar-refractivity contribution in [2.75, 3.05) is 18.4 Å². The first-order valence-corrected chi connectivity index (χ1v) is 6.28. The van der Waals surface area contributed by atoms with Gasteiger partial charge in [-0.05, 0) is 42.6 Å². The van der Waals surface area contributed by atoms with E-state index in [1.807, 2.05) is 6.07 Å². The topological polar surface area (TPSA) is 24.1 Å². The summed E-state index contributed by atoms with van der Waals surface area (Å²) < 4.78 is 0. The Balaban J connectivity index is 1.99. The number of hydrogen-bond acceptors (Lipinski definition) is 2. The molecule has 16 heavy (non-hydrogen) atoms. The third-order valence-corrected chi connectivity index (χ3v) is 3.12. The number of anilines is 1. The molecule has 2 N–H and O–H groups in total. The fraction of sp³-hybridized carbons (Fsp3) is 0.538. The predicted octanol–water partition coefficient (Wildman–Crippen LogP) is 2.92. The first-order valence-electron chi connectivity index (χ1n) is 5.91. The molecule has 1 aliphatic heterocycles. The Morgan fingerprint density at radius 1 is 1.50 bits per heavy atom. The van der Waals surface area contributed by atoms with Gasteiger partial charge in [0.25, 0.3) is 0 Å². The van der Waals surface area contributed by atoms with Crippen LogP contribution in [0, 0.1) is 5.92 Å². The number of rotatable bonds is 3. The minimum absolute atomic E-state index is 0.522. The fourth-order valence-corrected chi connectivity index (χ4v) is 2.22. The van der Waals surface area contributed by atoms with Gasteiger partial charge in [0, 0.05) is 23.3 Å². The maximum atomic E-state index is 6.00. The standard InChI is InChI=1S/C13H19ClN2/c1-9(2)7-15-12-6-10-5-11(14)3-4-13(10)16-8-12/h3-5,9,12,15-16H,6-8H2,1-2H3. The highest BCUT2D eigenvalue weighted by Gasteiger charge is 2.17. The van der Waals surface area contributed by atoms with E-state index in [1.54, 1.807) is 0 Å². The van der Waals surface area contributed by atoms with Gasteiger partial charge in [-0.25, -0.2) is 0 Å². The monoisotopic (exact) mass is 238 g/mol. The van der Waals surface area contributed by atoms with Crippen molar-refractivity contribution in [1.82, 2.24) is 5.32 Å². The van der Waals surface area contributed by atoms with E-state index in [9.17, 15) is 0 Å². The lowest BCUT2D eigenvalue weighted by atomic mass is 9.99. The van der Waals surface area contributed by atoms with Crippen LogP contribution in [0.25, 0.3) is 0 Å². The van der Waals surface area contributed by atoms with E-state index in [4.69, 9.17) is 11.6 Å². The molecule has 1 aromatic rings. The normalized spacial score (nSPS) is 19.4. The summed E-state index contributed by atoms with van der Waals surface area (Å²) in [6, 6.07) is 6.59. The Morgan fingerprint density at radius 2 is 2.31 bits per heavy atom. The zero-order valence-corrected chi connectivity index (χ0v) is 10.6. The third-order valence-electron chi connectivity index (χ3n) is 2.89. The number of nitrogens with one attached hydrogen (secondary N) is 2. The van der Waals surface area contributed by atoms with Crippen LogP contribution in [-0.2, 0) is 6.42 Å². The Morgan fingerprint density at radius 3 is 3.06 bits per heavy atom. The van der Waals surface area contributed by atoms with Gasteiger partial charge in [-0.3, -0.25) is 0 Å². The number of hydrogen-bond donors (Lipinski definition) is 2. The Labute approximate surface area is 102 Å². The van der Waals surface area contributed by atoms with Crippen LogP contribution in [0.4, 0.5) is 5.69 Å². The van der Waals surface area contributed by atoms with Crippen molar-refractivity contribution in [1.29, 1.82) is 0 Å². The summed E-state index contributed by atoms with van der Waals surface area (Å²) in [6.45, 7) is 6.53. The molecule has 0 spiro atoms. The summed E-state index contributed by atoms with van der Waals surface area (Å²) in [5, 5.41) is 7.84. The molecule has 1 aromatic carbocycles. The molecular weight excluding hydrogens is 220 g/mol. The number of fused-ring (bicyclic) bond motifs is 1. The maximum Gasteiger partial charge on any atom is 0.0410 e. The molecule has 1 atom stereocenters. The molecule has 0 radical (unpaired) electrons. The van der Waals surface area contributed by atoms with Gasteiger partial charge >= 0.3 is 0 Å². The average molecular weight is 239 g/mol. The fourth-order valence-electron chi connectivity index (χ4n) is 2.02. The second kappa shape index (κ2) is 5.07. The molecule has 0 saturated carbocycles.